The summed E-state index contributed by atoms with van der Waals surface area (Å²) in [4.78, 5) is 2.88. The van der Waals surface area contributed by atoms with Gasteiger partial charge in [-0.25, -0.2) is 0 Å². The SMILES string of the molecule is COC1CCC(N(CC2CCCNC2)C2CC2)CC1. The van der Waals surface area contributed by atoms with Gasteiger partial charge in [-0.2, -0.15) is 0 Å². The van der Waals surface area contributed by atoms with Crippen LogP contribution in [0.3, 0.4) is 0 Å². The van der Waals surface area contributed by atoms with E-state index in [0.29, 0.717) is 6.10 Å². The number of piperidine rings is 1. The first-order chi connectivity index (χ1) is 9.36. The lowest BCUT2D eigenvalue weighted by Gasteiger charge is -2.39. The van der Waals surface area contributed by atoms with Crippen molar-refractivity contribution in [2.45, 2.75) is 69.6 Å². The van der Waals surface area contributed by atoms with Crippen molar-refractivity contribution >= 4 is 0 Å². The highest BCUT2D eigenvalue weighted by Crippen LogP contribution is 2.35. The lowest BCUT2D eigenvalue weighted by Crippen LogP contribution is -2.46. The summed E-state index contributed by atoms with van der Waals surface area (Å²) in [6, 6.07) is 1.77. The number of hydrogen-bond acceptors (Lipinski definition) is 3. The number of nitrogens with one attached hydrogen (secondary N) is 1. The van der Waals surface area contributed by atoms with Crippen LogP contribution >= 0.6 is 0 Å². The maximum Gasteiger partial charge on any atom is 0.0572 e. The topological polar surface area (TPSA) is 24.5 Å². The predicted octanol–water partition coefficient (Wildman–Crippen LogP) is 2.41. The van der Waals surface area contributed by atoms with E-state index in [0.717, 1.165) is 18.0 Å². The molecule has 1 unspecified atom stereocenters. The Hall–Kier alpha value is -0.120. The Morgan fingerprint density at radius 2 is 1.68 bits per heavy atom. The molecule has 0 aromatic carbocycles. The molecule has 3 fully saturated rings. The van der Waals surface area contributed by atoms with Crippen LogP contribution in [0, 0.1) is 5.92 Å². The maximum atomic E-state index is 5.52. The van der Waals surface area contributed by atoms with Crippen molar-refractivity contribution in [2.75, 3.05) is 26.7 Å². The lowest BCUT2D eigenvalue weighted by molar-refractivity contribution is 0.0307. The summed E-state index contributed by atoms with van der Waals surface area (Å²) in [5.74, 6) is 0.898. The van der Waals surface area contributed by atoms with Gasteiger partial charge in [0.2, 0.25) is 0 Å². The number of nitrogens with zero attached hydrogens (tertiary/aromatic N) is 1. The molecule has 110 valence electrons. The van der Waals surface area contributed by atoms with Crippen LogP contribution in [-0.4, -0.2) is 49.8 Å². The second-order valence-corrected chi connectivity index (χ2v) is 6.81. The monoisotopic (exact) mass is 266 g/mol. The largest absolute Gasteiger partial charge is 0.381 e. The second kappa shape index (κ2) is 6.55. The molecule has 1 saturated heterocycles. The van der Waals surface area contributed by atoms with Crippen molar-refractivity contribution < 1.29 is 4.74 Å². The molecule has 19 heavy (non-hydrogen) atoms. The fourth-order valence-electron chi connectivity index (χ4n) is 3.99. The lowest BCUT2D eigenvalue weighted by atomic mass is 9.90. The van der Waals surface area contributed by atoms with E-state index in [1.807, 2.05) is 7.11 Å². The Morgan fingerprint density at radius 3 is 2.21 bits per heavy atom. The molecule has 0 bridgehead atoms. The highest BCUT2D eigenvalue weighted by molar-refractivity contribution is 4.92. The van der Waals surface area contributed by atoms with E-state index < -0.39 is 0 Å². The summed E-state index contributed by atoms with van der Waals surface area (Å²) < 4.78 is 5.52. The molecule has 3 nitrogen and oxygen atoms in total. The Bertz CT molecular complexity index is 266. The fourth-order valence-corrected chi connectivity index (χ4v) is 3.99. The number of rotatable bonds is 5. The Morgan fingerprint density at radius 1 is 1.00 bits per heavy atom. The molecule has 1 aliphatic heterocycles. The van der Waals surface area contributed by atoms with E-state index in [1.54, 1.807) is 0 Å². The number of hydrogen-bond donors (Lipinski definition) is 1. The molecule has 3 rings (SSSR count). The van der Waals surface area contributed by atoms with E-state index in [4.69, 9.17) is 4.74 Å². The van der Waals surface area contributed by atoms with E-state index in [1.165, 1.54) is 71.0 Å². The summed E-state index contributed by atoms with van der Waals surface area (Å²) in [6.45, 7) is 3.83. The van der Waals surface area contributed by atoms with Gasteiger partial charge in [-0.15, -0.1) is 0 Å². The van der Waals surface area contributed by atoms with Gasteiger partial charge in [-0.05, 0) is 70.4 Å². The van der Waals surface area contributed by atoms with Crippen LogP contribution in [0.1, 0.15) is 51.4 Å². The van der Waals surface area contributed by atoms with Crippen LogP contribution in [0.4, 0.5) is 0 Å². The minimum Gasteiger partial charge on any atom is -0.381 e. The van der Waals surface area contributed by atoms with Crippen molar-refractivity contribution in [1.82, 2.24) is 10.2 Å². The highest BCUT2D eigenvalue weighted by atomic mass is 16.5. The quantitative estimate of drug-likeness (QED) is 0.827. The molecular weight excluding hydrogens is 236 g/mol. The summed E-state index contributed by atoms with van der Waals surface area (Å²) in [5.41, 5.74) is 0. The molecule has 3 heteroatoms. The Kier molecular flexibility index (Phi) is 4.78. The minimum atomic E-state index is 0.536. The number of methoxy groups -OCH3 is 1. The molecule has 0 amide bonds. The fraction of sp³-hybridized carbons (Fsp3) is 1.00. The Labute approximate surface area is 118 Å². The summed E-state index contributed by atoms with van der Waals surface area (Å²) >= 11 is 0. The molecular formula is C16H30N2O. The molecule has 0 spiro atoms. The first-order valence-electron chi connectivity index (χ1n) is 8.36. The normalized spacial score (nSPS) is 36.6. The van der Waals surface area contributed by atoms with Crippen LogP contribution < -0.4 is 5.32 Å². The van der Waals surface area contributed by atoms with Gasteiger partial charge in [0.25, 0.3) is 0 Å². The van der Waals surface area contributed by atoms with Gasteiger partial charge in [0.15, 0.2) is 0 Å². The Balaban J connectivity index is 1.52. The van der Waals surface area contributed by atoms with Gasteiger partial charge in [-0.3, -0.25) is 4.90 Å². The van der Waals surface area contributed by atoms with Crippen molar-refractivity contribution in [1.29, 1.82) is 0 Å². The standard InChI is InChI=1S/C16H30N2O/c1-19-16-8-6-15(7-9-16)18(14-4-5-14)12-13-3-2-10-17-11-13/h13-17H,2-12H2,1H3. The molecule has 1 heterocycles. The summed E-state index contributed by atoms with van der Waals surface area (Å²) in [6.07, 6.45) is 11.5. The molecule has 3 aliphatic rings. The minimum absolute atomic E-state index is 0.536. The smallest absolute Gasteiger partial charge is 0.0572 e. The molecule has 2 saturated carbocycles. The van der Waals surface area contributed by atoms with Gasteiger partial charge in [-0.1, -0.05) is 0 Å². The van der Waals surface area contributed by atoms with Crippen molar-refractivity contribution in [3.05, 3.63) is 0 Å². The maximum absolute atomic E-state index is 5.52. The first kappa shape index (κ1) is 13.8. The van der Waals surface area contributed by atoms with Crippen LogP contribution in [-0.2, 0) is 4.74 Å². The average Bonchev–Trinajstić information content (AvgIpc) is 3.31. The van der Waals surface area contributed by atoms with Gasteiger partial charge < -0.3 is 10.1 Å². The highest BCUT2D eigenvalue weighted by Gasteiger charge is 2.36. The first-order valence-corrected chi connectivity index (χ1v) is 8.36. The van der Waals surface area contributed by atoms with E-state index in [-0.39, 0.29) is 0 Å². The summed E-state index contributed by atoms with van der Waals surface area (Å²) in [5, 5.41) is 3.57. The van der Waals surface area contributed by atoms with Crippen LogP contribution in [0.25, 0.3) is 0 Å². The van der Waals surface area contributed by atoms with E-state index in [2.05, 4.69) is 10.2 Å². The zero-order valence-corrected chi connectivity index (χ0v) is 12.4. The molecule has 0 aromatic rings. The number of ether oxygens (including phenoxy) is 1. The van der Waals surface area contributed by atoms with E-state index >= 15 is 0 Å². The zero-order valence-electron chi connectivity index (χ0n) is 12.4. The predicted molar refractivity (Wildman–Crippen MR) is 78.4 cm³/mol. The van der Waals surface area contributed by atoms with Crippen molar-refractivity contribution in [3.8, 4) is 0 Å². The van der Waals surface area contributed by atoms with Crippen LogP contribution in [0.15, 0.2) is 0 Å². The summed E-state index contributed by atoms with van der Waals surface area (Å²) in [7, 11) is 1.87. The molecule has 0 radical (unpaired) electrons. The molecule has 0 aromatic heterocycles. The van der Waals surface area contributed by atoms with Gasteiger partial charge in [0, 0.05) is 25.7 Å². The van der Waals surface area contributed by atoms with Gasteiger partial charge >= 0.3 is 0 Å². The van der Waals surface area contributed by atoms with Crippen LogP contribution in [0.2, 0.25) is 0 Å². The third kappa shape index (κ3) is 3.71. The second-order valence-electron chi connectivity index (χ2n) is 6.81. The molecule has 2 aliphatic carbocycles. The van der Waals surface area contributed by atoms with Gasteiger partial charge in [0.1, 0.15) is 0 Å². The third-order valence-electron chi connectivity index (χ3n) is 5.33. The van der Waals surface area contributed by atoms with Gasteiger partial charge in [0.05, 0.1) is 6.10 Å². The zero-order chi connectivity index (χ0) is 13.1. The molecule has 1 N–H and O–H groups in total. The molecule has 1 atom stereocenters. The average molecular weight is 266 g/mol. The third-order valence-corrected chi connectivity index (χ3v) is 5.33. The van der Waals surface area contributed by atoms with Crippen LogP contribution in [0.5, 0.6) is 0 Å². The van der Waals surface area contributed by atoms with E-state index in [9.17, 15) is 0 Å². The van der Waals surface area contributed by atoms with Crippen molar-refractivity contribution in [2.24, 2.45) is 5.92 Å². The van der Waals surface area contributed by atoms with Crippen molar-refractivity contribution in [3.63, 3.8) is 0 Å².